The van der Waals surface area contributed by atoms with Gasteiger partial charge in [-0.25, -0.2) is 14.0 Å². The number of aryl methyl sites for hydroxylation is 1. The van der Waals surface area contributed by atoms with Crippen molar-refractivity contribution in [3.8, 4) is 28.0 Å². The molecule has 0 fully saturated rings. The largest absolute Gasteiger partial charge is 0.462 e. The van der Waals surface area contributed by atoms with Crippen LogP contribution in [0.5, 0.6) is 5.75 Å². The average molecular weight is 461 g/mol. The number of benzene rings is 3. The summed E-state index contributed by atoms with van der Waals surface area (Å²) in [5.74, 6) is -2.18. The summed E-state index contributed by atoms with van der Waals surface area (Å²) in [6.07, 6.45) is 1.46. The van der Waals surface area contributed by atoms with Gasteiger partial charge in [0.25, 0.3) is 0 Å². The number of halogens is 1. The monoisotopic (exact) mass is 460 g/mol. The van der Waals surface area contributed by atoms with E-state index in [-0.39, 0.29) is 17.5 Å². The summed E-state index contributed by atoms with van der Waals surface area (Å²) < 4.78 is 24.9. The number of rotatable bonds is 9. The highest BCUT2D eigenvalue weighted by atomic mass is 19.1. The van der Waals surface area contributed by atoms with Crippen LogP contribution in [0.2, 0.25) is 0 Å². The molecule has 0 heterocycles. The van der Waals surface area contributed by atoms with Gasteiger partial charge in [-0.2, -0.15) is 0 Å². The van der Waals surface area contributed by atoms with Crippen LogP contribution in [0.4, 0.5) is 4.39 Å². The fourth-order valence-electron chi connectivity index (χ4n) is 3.24. The molecule has 3 rings (SSSR count). The number of hydrogen-bond donors (Lipinski definition) is 0. The highest BCUT2D eigenvalue weighted by molar-refractivity contribution is 6.33. The molecule has 0 unspecified atom stereocenters. The maximum absolute atomic E-state index is 14.9. The zero-order valence-electron chi connectivity index (χ0n) is 19.1. The van der Waals surface area contributed by atoms with Crippen LogP contribution in [0.3, 0.4) is 0 Å². The van der Waals surface area contributed by atoms with Gasteiger partial charge < -0.3 is 9.47 Å². The Morgan fingerprint density at radius 2 is 1.44 bits per heavy atom. The van der Waals surface area contributed by atoms with Crippen molar-refractivity contribution in [1.29, 1.82) is 0 Å². The number of Topliss-reactive ketones (excluding diaryl/α,β-unsaturated/α-hetero) is 1. The maximum atomic E-state index is 14.9. The van der Waals surface area contributed by atoms with Gasteiger partial charge in [-0.1, -0.05) is 55.1 Å². The van der Waals surface area contributed by atoms with Crippen LogP contribution in [-0.4, -0.2) is 24.3 Å². The van der Waals surface area contributed by atoms with Crippen molar-refractivity contribution in [3.63, 3.8) is 0 Å². The molecule has 0 aliphatic heterocycles. The number of ketones is 1. The number of carbonyl (C=O) groups excluding carboxylic acids is 3. The summed E-state index contributed by atoms with van der Waals surface area (Å²) in [4.78, 5) is 33.8. The average Bonchev–Trinajstić information content (AvgIpc) is 2.82. The SMILES string of the molecule is C=C(C)C(=O)OCCCc1ccc(-c2ccc(-c3ccc(OC(=O)C(C)=O)cc3)c(F)c2)cc1. The molecule has 5 nitrogen and oxygen atoms in total. The van der Waals surface area contributed by atoms with Crippen LogP contribution < -0.4 is 4.74 Å². The fourth-order valence-corrected chi connectivity index (χ4v) is 3.24. The van der Waals surface area contributed by atoms with Crippen molar-refractivity contribution < 1.29 is 28.2 Å². The Morgan fingerprint density at radius 3 is 2.03 bits per heavy atom. The van der Waals surface area contributed by atoms with Gasteiger partial charge in [0.05, 0.1) is 6.61 Å². The first-order valence-corrected chi connectivity index (χ1v) is 10.8. The molecular weight excluding hydrogens is 435 g/mol. The lowest BCUT2D eigenvalue weighted by Gasteiger charge is -2.09. The van der Waals surface area contributed by atoms with E-state index in [0.717, 1.165) is 30.0 Å². The van der Waals surface area contributed by atoms with Crippen LogP contribution >= 0.6 is 0 Å². The first-order chi connectivity index (χ1) is 16.2. The summed E-state index contributed by atoms with van der Waals surface area (Å²) in [6, 6.07) is 19.1. The molecule has 0 aliphatic carbocycles. The normalized spacial score (nSPS) is 10.4. The first-order valence-electron chi connectivity index (χ1n) is 10.8. The first kappa shape index (κ1) is 24.6. The third-order valence-electron chi connectivity index (χ3n) is 5.11. The zero-order valence-corrected chi connectivity index (χ0v) is 19.1. The van der Waals surface area contributed by atoms with E-state index in [4.69, 9.17) is 9.47 Å². The van der Waals surface area contributed by atoms with Gasteiger partial charge in [-0.05, 0) is 60.2 Å². The Bertz CT molecular complexity index is 1210. The number of carbonyl (C=O) groups is 3. The zero-order chi connectivity index (χ0) is 24.7. The molecule has 3 aromatic carbocycles. The van der Waals surface area contributed by atoms with Crippen LogP contribution in [0.1, 0.15) is 25.8 Å². The van der Waals surface area contributed by atoms with Crippen LogP contribution in [0, 0.1) is 5.82 Å². The van der Waals surface area contributed by atoms with Gasteiger partial charge in [-0.3, -0.25) is 4.79 Å². The van der Waals surface area contributed by atoms with Crippen molar-refractivity contribution in [1.82, 2.24) is 0 Å². The number of ether oxygens (including phenoxy) is 2. The van der Waals surface area contributed by atoms with E-state index >= 15 is 0 Å². The maximum Gasteiger partial charge on any atom is 0.379 e. The second-order valence-corrected chi connectivity index (χ2v) is 7.88. The summed E-state index contributed by atoms with van der Waals surface area (Å²) >= 11 is 0. The molecule has 6 heteroatoms. The molecule has 34 heavy (non-hydrogen) atoms. The Kier molecular flexibility index (Phi) is 8.09. The molecule has 0 aliphatic rings. The number of esters is 2. The molecule has 0 saturated heterocycles. The molecule has 0 atom stereocenters. The Balaban J connectivity index is 1.63. The van der Waals surface area contributed by atoms with Gasteiger partial charge in [0, 0.05) is 18.1 Å². The fraction of sp³-hybridized carbons (Fsp3) is 0.179. The summed E-state index contributed by atoms with van der Waals surface area (Å²) in [6.45, 7) is 6.63. The molecule has 0 aromatic heterocycles. The lowest BCUT2D eigenvalue weighted by atomic mass is 9.98. The lowest BCUT2D eigenvalue weighted by Crippen LogP contribution is -2.16. The van der Waals surface area contributed by atoms with Crippen LogP contribution in [0.25, 0.3) is 22.3 Å². The minimum Gasteiger partial charge on any atom is -0.462 e. The quantitative estimate of drug-likeness (QED) is 0.135. The second-order valence-electron chi connectivity index (χ2n) is 7.88. The number of hydrogen-bond acceptors (Lipinski definition) is 5. The minimum absolute atomic E-state index is 0.218. The van der Waals surface area contributed by atoms with Crippen molar-refractivity contribution in [2.45, 2.75) is 26.7 Å². The lowest BCUT2D eigenvalue weighted by molar-refractivity contribution is -0.146. The summed E-state index contributed by atoms with van der Waals surface area (Å²) in [5, 5.41) is 0. The smallest absolute Gasteiger partial charge is 0.379 e. The van der Waals surface area contributed by atoms with Gasteiger partial charge in [0.15, 0.2) is 0 Å². The van der Waals surface area contributed by atoms with E-state index in [1.807, 2.05) is 30.3 Å². The third-order valence-corrected chi connectivity index (χ3v) is 5.11. The third kappa shape index (κ3) is 6.48. The highest BCUT2D eigenvalue weighted by Gasteiger charge is 2.12. The molecular formula is C28H25FO5. The van der Waals surface area contributed by atoms with Gasteiger partial charge in [-0.15, -0.1) is 0 Å². The Labute approximate surface area is 197 Å². The van der Waals surface area contributed by atoms with E-state index in [9.17, 15) is 18.8 Å². The molecule has 0 radical (unpaired) electrons. The van der Waals surface area contributed by atoms with Crippen molar-refractivity contribution in [2.24, 2.45) is 0 Å². The van der Waals surface area contributed by atoms with Crippen LogP contribution in [0.15, 0.2) is 78.9 Å². The second kappa shape index (κ2) is 11.2. The predicted octanol–water partition coefficient (Wildman–Crippen LogP) is 5.71. The van der Waals surface area contributed by atoms with E-state index < -0.39 is 11.8 Å². The molecule has 174 valence electrons. The van der Waals surface area contributed by atoms with E-state index in [1.165, 1.54) is 18.2 Å². The molecule has 0 spiro atoms. The highest BCUT2D eigenvalue weighted by Crippen LogP contribution is 2.29. The van der Waals surface area contributed by atoms with Crippen molar-refractivity contribution >= 4 is 17.7 Å². The van der Waals surface area contributed by atoms with Crippen molar-refractivity contribution in [3.05, 3.63) is 90.3 Å². The van der Waals surface area contributed by atoms with Gasteiger partial charge >= 0.3 is 11.9 Å². The van der Waals surface area contributed by atoms with E-state index in [1.54, 1.807) is 25.1 Å². The van der Waals surface area contributed by atoms with Gasteiger partial charge in [0.2, 0.25) is 5.78 Å². The molecule has 0 N–H and O–H groups in total. The van der Waals surface area contributed by atoms with Crippen LogP contribution in [-0.2, 0) is 25.5 Å². The summed E-state index contributed by atoms with van der Waals surface area (Å²) in [7, 11) is 0. The van der Waals surface area contributed by atoms with E-state index in [2.05, 4.69) is 6.58 Å². The standard InChI is InChI=1S/C28H25FO5/c1-18(2)27(31)33-16-4-5-20-6-8-21(9-7-20)23-12-15-25(26(29)17-23)22-10-13-24(14-11-22)34-28(32)19(3)30/h6-15,17H,1,4-5,16H2,2-3H3. The molecule has 0 bridgehead atoms. The van der Waals surface area contributed by atoms with E-state index in [0.29, 0.717) is 29.7 Å². The molecule has 0 amide bonds. The van der Waals surface area contributed by atoms with Gasteiger partial charge in [0.1, 0.15) is 11.6 Å². The minimum atomic E-state index is -0.944. The molecule has 0 saturated carbocycles. The van der Waals surface area contributed by atoms with Crippen molar-refractivity contribution in [2.75, 3.05) is 6.61 Å². The Morgan fingerprint density at radius 1 is 0.824 bits per heavy atom. The molecule has 3 aromatic rings. The summed E-state index contributed by atoms with van der Waals surface area (Å²) in [5.41, 5.74) is 4.14. The topological polar surface area (TPSA) is 69.7 Å². The Hall–Kier alpha value is -4.06. The predicted molar refractivity (Wildman–Crippen MR) is 128 cm³/mol.